The van der Waals surface area contributed by atoms with E-state index < -0.39 is 5.67 Å². The summed E-state index contributed by atoms with van der Waals surface area (Å²) in [7, 11) is 0. The van der Waals surface area contributed by atoms with Crippen LogP contribution in [0.5, 0.6) is 0 Å². The number of hydrogen-bond acceptors (Lipinski definition) is 0. The van der Waals surface area contributed by atoms with Crippen LogP contribution >= 0.6 is 0 Å². The van der Waals surface area contributed by atoms with Crippen LogP contribution in [-0.4, -0.2) is 5.67 Å². The van der Waals surface area contributed by atoms with Gasteiger partial charge < -0.3 is 0 Å². The largest absolute Gasteiger partial charge is 0.244 e. The van der Waals surface area contributed by atoms with E-state index in [1.54, 1.807) is 6.92 Å². The van der Waals surface area contributed by atoms with Crippen LogP contribution in [0.2, 0.25) is 0 Å². The molecule has 0 radical (unpaired) electrons. The maximum Gasteiger partial charge on any atom is 0.107 e. The van der Waals surface area contributed by atoms with Crippen molar-refractivity contribution in [3.63, 3.8) is 0 Å². The molecule has 0 heterocycles. The molecule has 0 spiro atoms. The average Bonchev–Trinajstić information content (AvgIpc) is 1.87. The second kappa shape index (κ2) is 6.63. The van der Waals surface area contributed by atoms with E-state index in [4.69, 9.17) is 0 Å². The van der Waals surface area contributed by atoms with Crippen molar-refractivity contribution in [3.05, 3.63) is 0 Å². The molecule has 0 saturated carbocycles. The van der Waals surface area contributed by atoms with Crippen LogP contribution in [-0.2, 0) is 0 Å². The fraction of sp³-hybridized carbons (Fsp3) is 1.00. The molecule has 0 rings (SSSR count). The van der Waals surface area contributed by atoms with Crippen molar-refractivity contribution in [1.82, 2.24) is 0 Å². The highest BCUT2D eigenvalue weighted by Crippen LogP contribution is 2.17. The minimum atomic E-state index is -0.917. The van der Waals surface area contributed by atoms with Crippen LogP contribution < -0.4 is 0 Å². The van der Waals surface area contributed by atoms with Crippen LogP contribution in [0.1, 0.15) is 54.4 Å². The van der Waals surface area contributed by atoms with E-state index in [1.165, 1.54) is 0 Å². The Morgan fingerprint density at radius 1 is 1.09 bits per heavy atom. The lowest BCUT2D eigenvalue weighted by Crippen LogP contribution is -2.13. The minimum absolute atomic E-state index is 0.628. The molecule has 0 amide bonds. The Bertz CT molecular complexity index is 66.2. The van der Waals surface area contributed by atoms with Crippen molar-refractivity contribution in [3.8, 4) is 0 Å². The Morgan fingerprint density at radius 3 is 1.27 bits per heavy atom. The lowest BCUT2D eigenvalue weighted by molar-refractivity contribution is 0.177. The quantitative estimate of drug-likeness (QED) is 0.571. The summed E-state index contributed by atoms with van der Waals surface area (Å²) in [6.45, 7) is 11.9. The van der Waals surface area contributed by atoms with Gasteiger partial charge in [-0.15, -0.1) is 0 Å². The van der Waals surface area contributed by atoms with Crippen molar-refractivity contribution in [2.24, 2.45) is 5.92 Å². The summed E-state index contributed by atoms with van der Waals surface area (Å²) in [6.07, 6.45) is 1.26. The third-order valence-electron chi connectivity index (χ3n) is 1.47. The number of alkyl halides is 1. The molecule has 0 saturated heterocycles. The van der Waals surface area contributed by atoms with Gasteiger partial charge in [-0.05, 0) is 25.7 Å². The van der Waals surface area contributed by atoms with Crippen molar-refractivity contribution in [2.75, 3.05) is 0 Å². The second-order valence-electron chi connectivity index (χ2n) is 3.85. The molecule has 0 aromatic heterocycles. The molecule has 0 nitrogen and oxygen atoms in total. The maximum atomic E-state index is 12.5. The molecule has 0 atom stereocenters. The zero-order chi connectivity index (χ0) is 9.49. The third-order valence-corrected chi connectivity index (χ3v) is 1.47. The Kier molecular flexibility index (Phi) is 8.14. The first-order valence-electron chi connectivity index (χ1n) is 4.54. The molecule has 70 valence electrons. The molecule has 0 aliphatic carbocycles. The Morgan fingerprint density at radius 2 is 1.27 bits per heavy atom. The SMILES string of the molecule is CC(C)C.CCC(C)(F)CC. The van der Waals surface area contributed by atoms with Gasteiger partial charge in [-0.2, -0.15) is 0 Å². The Balaban J connectivity index is 0. The van der Waals surface area contributed by atoms with Crippen LogP contribution in [0, 0.1) is 5.92 Å². The molecule has 0 aromatic rings. The second-order valence-corrected chi connectivity index (χ2v) is 3.85. The van der Waals surface area contributed by atoms with Gasteiger partial charge in [0.2, 0.25) is 0 Å². The summed E-state index contributed by atoms with van der Waals surface area (Å²) in [5, 5.41) is 0. The molecule has 0 fully saturated rings. The van der Waals surface area contributed by atoms with Crippen molar-refractivity contribution >= 4 is 0 Å². The van der Waals surface area contributed by atoms with E-state index in [-0.39, 0.29) is 0 Å². The molecule has 0 bridgehead atoms. The van der Waals surface area contributed by atoms with Crippen LogP contribution in [0.4, 0.5) is 4.39 Å². The molecule has 11 heavy (non-hydrogen) atoms. The van der Waals surface area contributed by atoms with Gasteiger partial charge in [-0.25, -0.2) is 4.39 Å². The molecule has 0 aliphatic rings. The monoisotopic (exact) mass is 162 g/mol. The Labute approximate surface area is 71.2 Å². The summed E-state index contributed by atoms with van der Waals surface area (Å²) in [4.78, 5) is 0. The van der Waals surface area contributed by atoms with Crippen LogP contribution in [0.3, 0.4) is 0 Å². The smallest absolute Gasteiger partial charge is 0.107 e. The van der Waals surface area contributed by atoms with E-state index in [2.05, 4.69) is 20.8 Å². The van der Waals surface area contributed by atoms with Crippen molar-refractivity contribution < 1.29 is 4.39 Å². The Hall–Kier alpha value is -0.0700. The van der Waals surface area contributed by atoms with Gasteiger partial charge >= 0.3 is 0 Å². The maximum absolute atomic E-state index is 12.5. The molecule has 0 unspecified atom stereocenters. The van der Waals surface area contributed by atoms with E-state index in [1.807, 2.05) is 13.8 Å². The normalized spacial score (nSPS) is 10.9. The topological polar surface area (TPSA) is 0 Å². The van der Waals surface area contributed by atoms with Gasteiger partial charge in [0.1, 0.15) is 5.67 Å². The van der Waals surface area contributed by atoms with E-state index in [0.29, 0.717) is 12.8 Å². The lowest BCUT2D eigenvalue weighted by atomic mass is 10.0. The van der Waals surface area contributed by atoms with Crippen molar-refractivity contribution in [1.29, 1.82) is 0 Å². The number of rotatable bonds is 2. The van der Waals surface area contributed by atoms with Gasteiger partial charge in [0, 0.05) is 0 Å². The van der Waals surface area contributed by atoms with E-state index in [0.717, 1.165) is 5.92 Å². The van der Waals surface area contributed by atoms with Crippen LogP contribution in [0.25, 0.3) is 0 Å². The molecule has 0 aliphatic heterocycles. The van der Waals surface area contributed by atoms with E-state index >= 15 is 0 Å². The fourth-order valence-electron chi connectivity index (χ4n) is 0.250. The molecular weight excluding hydrogens is 139 g/mol. The minimum Gasteiger partial charge on any atom is -0.244 e. The first-order valence-corrected chi connectivity index (χ1v) is 4.54. The molecule has 0 aromatic carbocycles. The predicted octanol–water partition coefficient (Wildman–Crippen LogP) is 4.20. The zero-order valence-corrected chi connectivity index (χ0v) is 8.87. The summed E-state index contributed by atoms with van der Waals surface area (Å²) in [5.74, 6) is 0.833. The first kappa shape index (κ1) is 13.5. The number of halogens is 1. The standard InChI is InChI=1S/C6H13F.C4H10/c1-4-6(3,7)5-2;1-4(2)3/h4-5H2,1-3H3;4H,1-3H3. The zero-order valence-electron chi connectivity index (χ0n) is 8.87. The summed E-state index contributed by atoms with van der Waals surface area (Å²) < 4.78 is 12.5. The van der Waals surface area contributed by atoms with Gasteiger partial charge in [0.25, 0.3) is 0 Å². The highest BCUT2D eigenvalue weighted by Gasteiger charge is 2.15. The number of hydrogen-bond donors (Lipinski definition) is 0. The van der Waals surface area contributed by atoms with Gasteiger partial charge in [0.15, 0.2) is 0 Å². The average molecular weight is 162 g/mol. The van der Waals surface area contributed by atoms with Crippen molar-refractivity contribution in [2.45, 2.75) is 60.1 Å². The molecule has 1 heteroatoms. The highest BCUT2D eigenvalue weighted by molar-refractivity contribution is 4.66. The molecular formula is C10H23F. The van der Waals surface area contributed by atoms with Gasteiger partial charge in [-0.1, -0.05) is 34.6 Å². The van der Waals surface area contributed by atoms with Gasteiger partial charge in [0.05, 0.1) is 0 Å². The fourth-order valence-corrected chi connectivity index (χ4v) is 0.250. The highest BCUT2D eigenvalue weighted by atomic mass is 19.1. The molecule has 0 N–H and O–H groups in total. The summed E-state index contributed by atoms with van der Waals surface area (Å²) >= 11 is 0. The summed E-state index contributed by atoms with van der Waals surface area (Å²) in [5.41, 5.74) is -0.917. The predicted molar refractivity (Wildman–Crippen MR) is 50.6 cm³/mol. The first-order chi connectivity index (χ1) is 4.85. The lowest BCUT2D eigenvalue weighted by Gasteiger charge is -2.13. The third kappa shape index (κ3) is 17.8. The van der Waals surface area contributed by atoms with Gasteiger partial charge in [-0.3, -0.25) is 0 Å². The van der Waals surface area contributed by atoms with Crippen LogP contribution in [0.15, 0.2) is 0 Å². The summed E-state index contributed by atoms with van der Waals surface area (Å²) in [6, 6.07) is 0. The van der Waals surface area contributed by atoms with E-state index in [9.17, 15) is 4.39 Å².